The molecule has 4 nitrogen and oxygen atoms in total. The summed E-state index contributed by atoms with van der Waals surface area (Å²) in [5.74, 6) is 1.93. The molecule has 160 valence electrons. The summed E-state index contributed by atoms with van der Waals surface area (Å²) in [4.78, 5) is 5.20. The van der Waals surface area contributed by atoms with E-state index in [1.807, 2.05) is 0 Å². The Hall–Kier alpha value is -0.160. The monoisotopic (exact) mass is 382 g/mol. The minimum absolute atomic E-state index is 0.362. The van der Waals surface area contributed by atoms with Gasteiger partial charge >= 0.3 is 0 Å². The van der Waals surface area contributed by atoms with Crippen LogP contribution in [0, 0.1) is 11.8 Å². The van der Waals surface area contributed by atoms with Crippen LogP contribution in [-0.4, -0.2) is 74.5 Å². The van der Waals surface area contributed by atoms with Crippen LogP contribution in [0.15, 0.2) is 0 Å². The van der Waals surface area contributed by atoms with Gasteiger partial charge in [-0.3, -0.25) is 0 Å². The third kappa shape index (κ3) is 9.74. The lowest BCUT2D eigenvalue weighted by molar-refractivity contribution is 0.0383. The van der Waals surface area contributed by atoms with Gasteiger partial charge in [-0.25, -0.2) is 0 Å². The van der Waals surface area contributed by atoms with Gasteiger partial charge in [0.25, 0.3) is 0 Å². The van der Waals surface area contributed by atoms with Gasteiger partial charge in [0.05, 0.1) is 25.4 Å². The standard InChI is InChI=1S/C23H46N2O2/c1-5-21(4)27-19-17-25-14-10-23(11-15-25)7-6-22-8-12-24(13-9-22)16-18-26-20(2)3/h20-23H,5-19H2,1-4H3. The van der Waals surface area contributed by atoms with E-state index in [9.17, 15) is 0 Å². The summed E-state index contributed by atoms with van der Waals surface area (Å²) >= 11 is 0. The number of rotatable bonds is 12. The van der Waals surface area contributed by atoms with Crippen LogP contribution >= 0.6 is 0 Å². The van der Waals surface area contributed by atoms with Gasteiger partial charge in [-0.15, -0.1) is 0 Å². The highest BCUT2D eigenvalue weighted by molar-refractivity contribution is 4.76. The molecule has 0 bridgehead atoms. The summed E-state index contributed by atoms with van der Waals surface area (Å²) in [5.41, 5.74) is 0. The molecule has 2 aliphatic heterocycles. The molecule has 2 saturated heterocycles. The number of hydrogen-bond donors (Lipinski definition) is 0. The van der Waals surface area contributed by atoms with Crippen molar-refractivity contribution in [3.63, 3.8) is 0 Å². The highest BCUT2D eigenvalue weighted by atomic mass is 16.5. The Morgan fingerprint density at radius 3 is 1.59 bits per heavy atom. The molecular weight excluding hydrogens is 336 g/mol. The first-order chi connectivity index (χ1) is 13.1. The van der Waals surface area contributed by atoms with E-state index in [-0.39, 0.29) is 0 Å². The predicted octanol–water partition coefficient (Wildman–Crippen LogP) is 4.43. The zero-order chi connectivity index (χ0) is 19.5. The van der Waals surface area contributed by atoms with E-state index in [1.165, 1.54) is 64.7 Å². The van der Waals surface area contributed by atoms with Crippen LogP contribution in [0.5, 0.6) is 0 Å². The minimum Gasteiger partial charge on any atom is -0.377 e. The molecular formula is C23H46N2O2. The average Bonchev–Trinajstić information content (AvgIpc) is 2.68. The molecule has 27 heavy (non-hydrogen) atoms. The Bertz CT molecular complexity index is 361. The van der Waals surface area contributed by atoms with Crippen LogP contribution < -0.4 is 0 Å². The van der Waals surface area contributed by atoms with Crippen LogP contribution in [0.1, 0.15) is 72.6 Å². The molecule has 2 rings (SSSR count). The fourth-order valence-electron chi connectivity index (χ4n) is 4.39. The lowest BCUT2D eigenvalue weighted by Crippen LogP contribution is -2.37. The van der Waals surface area contributed by atoms with Crippen molar-refractivity contribution in [3.8, 4) is 0 Å². The van der Waals surface area contributed by atoms with Crippen molar-refractivity contribution >= 4 is 0 Å². The predicted molar refractivity (Wildman–Crippen MR) is 114 cm³/mol. The van der Waals surface area contributed by atoms with Crippen molar-refractivity contribution in [3.05, 3.63) is 0 Å². The zero-order valence-corrected chi connectivity index (χ0v) is 18.6. The van der Waals surface area contributed by atoms with Crippen LogP contribution in [0.4, 0.5) is 0 Å². The summed E-state index contributed by atoms with van der Waals surface area (Å²) in [6.07, 6.45) is 10.4. The van der Waals surface area contributed by atoms with E-state index < -0.39 is 0 Å². The summed E-state index contributed by atoms with van der Waals surface area (Å²) < 4.78 is 11.5. The van der Waals surface area contributed by atoms with Gasteiger partial charge in [0, 0.05) is 13.1 Å². The van der Waals surface area contributed by atoms with Gasteiger partial charge in [-0.05, 0) is 90.9 Å². The smallest absolute Gasteiger partial charge is 0.0597 e. The summed E-state index contributed by atoms with van der Waals surface area (Å²) in [6, 6.07) is 0. The second-order valence-corrected chi connectivity index (χ2v) is 9.16. The first-order valence-electron chi connectivity index (χ1n) is 11.7. The molecule has 0 aromatic heterocycles. The van der Waals surface area contributed by atoms with Gasteiger partial charge in [0.15, 0.2) is 0 Å². The Kier molecular flexibility index (Phi) is 11.2. The van der Waals surface area contributed by atoms with Gasteiger partial charge < -0.3 is 19.3 Å². The first-order valence-corrected chi connectivity index (χ1v) is 11.7. The fraction of sp³-hybridized carbons (Fsp3) is 1.00. The van der Waals surface area contributed by atoms with E-state index in [2.05, 4.69) is 37.5 Å². The second-order valence-electron chi connectivity index (χ2n) is 9.16. The summed E-state index contributed by atoms with van der Waals surface area (Å²) in [6.45, 7) is 17.8. The highest BCUT2D eigenvalue weighted by Crippen LogP contribution is 2.28. The maximum atomic E-state index is 5.84. The third-order valence-corrected chi connectivity index (χ3v) is 6.64. The van der Waals surface area contributed by atoms with Crippen LogP contribution in [0.2, 0.25) is 0 Å². The maximum Gasteiger partial charge on any atom is 0.0597 e. The number of hydrogen-bond acceptors (Lipinski definition) is 4. The van der Waals surface area contributed by atoms with Gasteiger partial charge in [-0.1, -0.05) is 19.8 Å². The van der Waals surface area contributed by atoms with Crippen LogP contribution in [-0.2, 0) is 9.47 Å². The normalized spacial score (nSPS) is 22.6. The Morgan fingerprint density at radius 1 is 0.741 bits per heavy atom. The Balaban J connectivity index is 1.49. The lowest BCUT2D eigenvalue weighted by Gasteiger charge is -2.35. The quantitative estimate of drug-likeness (QED) is 0.498. The van der Waals surface area contributed by atoms with Gasteiger partial charge in [0.2, 0.25) is 0 Å². The van der Waals surface area contributed by atoms with Gasteiger partial charge in [0.1, 0.15) is 0 Å². The maximum absolute atomic E-state index is 5.84. The summed E-state index contributed by atoms with van der Waals surface area (Å²) in [7, 11) is 0. The fourth-order valence-corrected chi connectivity index (χ4v) is 4.39. The molecule has 0 spiro atoms. The van der Waals surface area contributed by atoms with E-state index in [0.29, 0.717) is 12.2 Å². The third-order valence-electron chi connectivity index (χ3n) is 6.64. The zero-order valence-electron chi connectivity index (χ0n) is 18.6. The highest BCUT2D eigenvalue weighted by Gasteiger charge is 2.23. The Labute approximate surface area is 169 Å². The van der Waals surface area contributed by atoms with E-state index in [0.717, 1.165) is 44.6 Å². The van der Waals surface area contributed by atoms with Crippen molar-refractivity contribution in [2.45, 2.75) is 84.8 Å². The van der Waals surface area contributed by atoms with Crippen molar-refractivity contribution in [2.24, 2.45) is 11.8 Å². The molecule has 0 saturated carbocycles. The van der Waals surface area contributed by atoms with Crippen molar-refractivity contribution in [1.82, 2.24) is 9.80 Å². The number of piperidine rings is 2. The molecule has 0 N–H and O–H groups in total. The van der Waals surface area contributed by atoms with E-state index in [1.54, 1.807) is 0 Å². The van der Waals surface area contributed by atoms with Crippen LogP contribution in [0.25, 0.3) is 0 Å². The van der Waals surface area contributed by atoms with Crippen molar-refractivity contribution in [2.75, 3.05) is 52.5 Å². The molecule has 0 amide bonds. The molecule has 4 heteroatoms. The molecule has 0 radical (unpaired) electrons. The minimum atomic E-state index is 0.362. The van der Waals surface area contributed by atoms with E-state index >= 15 is 0 Å². The first kappa shape index (κ1) is 23.1. The molecule has 0 aromatic rings. The largest absolute Gasteiger partial charge is 0.377 e. The molecule has 2 fully saturated rings. The van der Waals surface area contributed by atoms with E-state index in [4.69, 9.17) is 9.47 Å². The molecule has 0 aliphatic carbocycles. The van der Waals surface area contributed by atoms with Gasteiger partial charge in [-0.2, -0.15) is 0 Å². The SMILES string of the molecule is CCC(C)OCCN1CCC(CCC2CCN(CCOC(C)C)CC2)CC1. The number of nitrogens with zero attached hydrogens (tertiary/aromatic N) is 2. The molecule has 2 aliphatic rings. The molecule has 2 heterocycles. The van der Waals surface area contributed by atoms with Crippen molar-refractivity contribution in [1.29, 1.82) is 0 Å². The second kappa shape index (κ2) is 13.1. The number of likely N-dealkylation sites (tertiary alicyclic amines) is 2. The Morgan fingerprint density at radius 2 is 1.19 bits per heavy atom. The van der Waals surface area contributed by atoms with Crippen LogP contribution in [0.3, 0.4) is 0 Å². The summed E-state index contributed by atoms with van der Waals surface area (Å²) in [5, 5.41) is 0. The molecule has 1 unspecified atom stereocenters. The molecule has 1 atom stereocenters. The topological polar surface area (TPSA) is 24.9 Å². The average molecular weight is 383 g/mol. The van der Waals surface area contributed by atoms with Crippen molar-refractivity contribution < 1.29 is 9.47 Å². The molecule has 0 aromatic carbocycles. The number of ether oxygens (including phenoxy) is 2. The lowest BCUT2D eigenvalue weighted by atomic mass is 9.85.